The summed E-state index contributed by atoms with van der Waals surface area (Å²) >= 11 is 0. The van der Waals surface area contributed by atoms with Gasteiger partial charge in [0.2, 0.25) is 5.91 Å². The summed E-state index contributed by atoms with van der Waals surface area (Å²) in [7, 11) is 3.94. The number of likely N-dealkylation sites (N-methyl/N-ethyl adjacent to an activating group) is 1. The van der Waals surface area contributed by atoms with Gasteiger partial charge in [-0.1, -0.05) is 13.3 Å². The number of amides is 1. The topological polar surface area (TPSA) is 35.6 Å². The van der Waals surface area contributed by atoms with Crippen LogP contribution in [0.2, 0.25) is 0 Å². The third-order valence-electron chi connectivity index (χ3n) is 4.24. The lowest BCUT2D eigenvalue weighted by molar-refractivity contribution is -0.133. The lowest BCUT2D eigenvalue weighted by Crippen LogP contribution is -2.51. The molecule has 4 nitrogen and oxygen atoms in total. The van der Waals surface area contributed by atoms with Crippen LogP contribution in [0.25, 0.3) is 0 Å². The second kappa shape index (κ2) is 7.10. The summed E-state index contributed by atoms with van der Waals surface area (Å²) in [5.74, 6) is 0.906. The van der Waals surface area contributed by atoms with E-state index in [-0.39, 0.29) is 11.9 Å². The maximum Gasteiger partial charge on any atom is 0.236 e. The maximum atomic E-state index is 12.1. The first-order chi connectivity index (χ1) is 8.49. The highest BCUT2D eigenvalue weighted by atomic mass is 16.2. The number of rotatable bonds is 5. The number of hydrogen-bond acceptors (Lipinski definition) is 3. The molecular formula is C14H29N3O. The van der Waals surface area contributed by atoms with Crippen molar-refractivity contribution in [1.29, 1.82) is 0 Å². The molecule has 1 aliphatic rings. The zero-order valence-corrected chi connectivity index (χ0v) is 12.6. The van der Waals surface area contributed by atoms with E-state index in [0.29, 0.717) is 18.5 Å². The number of carbonyl (C=O) groups is 1. The molecular weight excluding hydrogens is 226 g/mol. The van der Waals surface area contributed by atoms with E-state index in [1.165, 1.54) is 6.42 Å². The van der Waals surface area contributed by atoms with E-state index in [2.05, 4.69) is 31.0 Å². The number of nitrogens with one attached hydrogen (secondary N) is 1. The Hall–Kier alpha value is -0.610. The summed E-state index contributed by atoms with van der Waals surface area (Å²) in [5.41, 5.74) is 0. The van der Waals surface area contributed by atoms with Gasteiger partial charge in [-0.15, -0.1) is 0 Å². The highest BCUT2D eigenvalue weighted by Gasteiger charge is 2.28. The van der Waals surface area contributed by atoms with Gasteiger partial charge < -0.3 is 10.2 Å². The molecule has 106 valence electrons. The molecule has 2 unspecified atom stereocenters. The predicted molar refractivity (Wildman–Crippen MR) is 75.6 cm³/mol. The summed E-state index contributed by atoms with van der Waals surface area (Å²) in [6, 6.07) is 0.901. The van der Waals surface area contributed by atoms with Gasteiger partial charge in [0.25, 0.3) is 0 Å². The second-order valence-electron chi connectivity index (χ2n) is 5.69. The summed E-state index contributed by atoms with van der Waals surface area (Å²) in [4.78, 5) is 16.2. The minimum absolute atomic E-state index is 0.239. The Morgan fingerprint density at radius 3 is 2.67 bits per heavy atom. The quantitative estimate of drug-likeness (QED) is 0.801. The van der Waals surface area contributed by atoms with Gasteiger partial charge in [0.05, 0.1) is 6.54 Å². The second-order valence-corrected chi connectivity index (χ2v) is 5.69. The standard InChI is InChI=1S/C14H29N3O/c1-6-12-9-17(8-7-13(12)15-4)10-14(18)16(5)11(2)3/h11-13,15H,6-10H2,1-5H3. The highest BCUT2D eigenvalue weighted by Crippen LogP contribution is 2.19. The monoisotopic (exact) mass is 255 g/mol. The van der Waals surface area contributed by atoms with Gasteiger partial charge in [-0.2, -0.15) is 0 Å². The largest absolute Gasteiger partial charge is 0.342 e. The molecule has 0 aliphatic carbocycles. The number of hydrogen-bond donors (Lipinski definition) is 1. The van der Waals surface area contributed by atoms with Crippen molar-refractivity contribution < 1.29 is 4.79 Å². The van der Waals surface area contributed by atoms with Crippen LogP contribution in [-0.4, -0.2) is 61.5 Å². The summed E-state index contributed by atoms with van der Waals surface area (Å²) in [6.45, 7) is 8.99. The lowest BCUT2D eigenvalue weighted by Gasteiger charge is -2.38. The Morgan fingerprint density at radius 1 is 1.50 bits per heavy atom. The van der Waals surface area contributed by atoms with Crippen LogP contribution in [0.15, 0.2) is 0 Å². The van der Waals surface area contributed by atoms with E-state index in [1.807, 2.05) is 19.0 Å². The van der Waals surface area contributed by atoms with Crippen molar-refractivity contribution in [1.82, 2.24) is 15.1 Å². The fraction of sp³-hybridized carbons (Fsp3) is 0.929. The van der Waals surface area contributed by atoms with Gasteiger partial charge in [-0.05, 0) is 33.2 Å². The Balaban J connectivity index is 2.47. The lowest BCUT2D eigenvalue weighted by atomic mass is 9.90. The molecule has 1 N–H and O–H groups in total. The first-order valence-corrected chi connectivity index (χ1v) is 7.14. The van der Waals surface area contributed by atoms with Crippen molar-refractivity contribution in [3.05, 3.63) is 0 Å². The first kappa shape index (κ1) is 15.4. The van der Waals surface area contributed by atoms with Gasteiger partial charge >= 0.3 is 0 Å². The van der Waals surface area contributed by atoms with Crippen molar-refractivity contribution in [3.63, 3.8) is 0 Å². The molecule has 0 aromatic carbocycles. The van der Waals surface area contributed by atoms with Crippen LogP contribution in [0, 0.1) is 5.92 Å². The smallest absolute Gasteiger partial charge is 0.236 e. The van der Waals surface area contributed by atoms with Crippen LogP contribution in [0.3, 0.4) is 0 Å². The predicted octanol–water partition coefficient (Wildman–Crippen LogP) is 1.17. The van der Waals surface area contributed by atoms with Crippen LogP contribution in [0.5, 0.6) is 0 Å². The van der Waals surface area contributed by atoms with Crippen molar-refractivity contribution in [3.8, 4) is 0 Å². The Kier molecular flexibility index (Phi) is 6.09. The van der Waals surface area contributed by atoms with Gasteiger partial charge in [-0.3, -0.25) is 9.69 Å². The van der Waals surface area contributed by atoms with Gasteiger partial charge in [-0.25, -0.2) is 0 Å². The van der Waals surface area contributed by atoms with Crippen molar-refractivity contribution in [2.24, 2.45) is 5.92 Å². The van der Waals surface area contributed by atoms with E-state index in [4.69, 9.17) is 0 Å². The molecule has 1 amide bonds. The molecule has 0 spiro atoms. The summed E-state index contributed by atoms with van der Waals surface area (Å²) in [5, 5.41) is 3.40. The van der Waals surface area contributed by atoms with Crippen LogP contribution in [-0.2, 0) is 4.79 Å². The maximum absolute atomic E-state index is 12.1. The van der Waals surface area contributed by atoms with Gasteiger partial charge in [0.15, 0.2) is 0 Å². The molecule has 0 aromatic heterocycles. The molecule has 0 bridgehead atoms. The van der Waals surface area contributed by atoms with E-state index in [1.54, 1.807) is 0 Å². The highest BCUT2D eigenvalue weighted by molar-refractivity contribution is 5.78. The summed E-state index contributed by atoms with van der Waals surface area (Å²) < 4.78 is 0. The van der Waals surface area contributed by atoms with Crippen molar-refractivity contribution in [2.45, 2.75) is 45.7 Å². The van der Waals surface area contributed by atoms with E-state index in [9.17, 15) is 4.79 Å². The van der Waals surface area contributed by atoms with E-state index in [0.717, 1.165) is 19.5 Å². The minimum Gasteiger partial charge on any atom is -0.342 e. The Labute approximate surface area is 112 Å². The van der Waals surface area contributed by atoms with Gasteiger partial charge in [0.1, 0.15) is 0 Å². The fourth-order valence-corrected chi connectivity index (χ4v) is 2.64. The molecule has 2 atom stereocenters. The zero-order valence-electron chi connectivity index (χ0n) is 12.6. The molecule has 0 aromatic rings. The third-order valence-corrected chi connectivity index (χ3v) is 4.24. The molecule has 18 heavy (non-hydrogen) atoms. The van der Waals surface area contributed by atoms with Crippen molar-refractivity contribution in [2.75, 3.05) is 33.7 Å². The molecule has 1 aliphatic heterocycles. The summed E-state index contributed by atoms with van der Waals surface area (Å²) in [6.07, 6.45) is 2.32. The normalized spacial score (nSPS) is 25.4. The number of nitrogens with zero attached hydrogens (tertiary/aromatic N) is 2. The minimum atomic E-state index is 0.239. The average Bonchev–Trinajstić information content (AvgIpc) is 2.37. The van der Waals surface area contributed by atoms with Crippen LogP contribution < -0.4 is 5.32 Å². The third kappa shape index (κ3) is 3.95. The molecule has 0 saturated carbocycles. The molecule has 1 fully saturated rings. The Morgan fingerprint density at radius 2 is 2.17 bits per heavy atom. The van der Waals surface area contributed by atoms with Crippen LogP contribution in [0.1, 0.15) is 33.6 Å². The van der Waals surface area contributed by atoms with Gasteiger partial charge in [0, 0.05) is 32.2 Å². The van der Waals surface area contributed by atoms with Crippen LogP contribution in [0.4, 0.5) is 0 Å². The molecule has 4 heteroatoms. The van der Waals surface area contributed by atoms with Crippen molar-refractivity contribution >= 4 is 5.91 Å². The molecule has 1 heterocycles. The first-order valence-electron chi connectivity index (χ1n) is 7.14. The Bertz CT molecular complexity index is 268. The number of carbonyl (C=O) groups excluding carboxylic acids is 1. The SMILES string of the molecule is CCC1CN(CC(=O)N(C)C(C)C)CCC1NC. The number of piperidine rings is 1. The fourth-order valence-electron chi connectivity index (χ4n) is 2.64. The number of likely N-dealkylation sites (tertiary alicyclic amines) is 1. The van der Waals surface area contributed by atoms with E-state index < -0.39 is 0 Å². The molecule has 1 saturated heterocycles. The average molecular weight is 255 g/mol. The van der Waals surface area contributed by atoms with Crippen LogP contribution >= 0.6 is 0 Å². The van der Waals surface area contributed by atoms with E-state index >= 15 is 0 Å². The molecule has 0 radical (unpaired) electrons. The molecule has 1 rings (SSSR count). The zero-order chi connectivity index (χ0) is 13.7.